The maximum Gasteiger partial charge on any atom is 0.251 e. The average molecular weight is 315 g/mol. The van der Waals surface area contributed by atoms with Gasteiger partial charge in [0.15, 0.2) is 0 Å². The molecular formula is C16H17N3O4. The van der Waals surface area contributed by atoms with Crippen LogP contribution >= 0.6 is 0 Å². The second-order valence-electron chi connectivity index (χ2n) is 4.80. The number of anilines is 1. The van der Waals surface area contributed by atoms with Gasteiger partial charge in [-0.25, -0.2) is 0 Å². The molecule has 7 nitrogen and oxygen atoms in total. The zero-order chi connectivity index (χ0) is 16.7. The molecule has 0 aliphatic rings. The van der Waals surface area contributed by atoms with Crippen LogP contribution in [0.15, 0.2) is 47.1 Å². The van der Waals surface area contributed by atoms with E-state index in [0.29, 0.717) is 17.0 Å². The van der Waals surface area contributed by atoms with E-state index >= 15 is 0 Å². The van der Waals surface area contributed by atoms with E-state index in [1.807, 2.05) is 0 Å². The van der Waals surface area contributed by atoms with Gasteiger partial charge in [-0.1, -0.05) is 6.07 Å². The molecule has 3 amide bonds. The van der Waals surface area contributed by atoms with Crippen molar-refractivity contribution < 1.29 is 18.8 Å². The molecule has 0 atom stereocenters. The highest BCUT2D eigenvalue weighted by Gasteiger charge is 2.09. The van der Waals surface area contributed by atoms with E-state index in [9.17, 15) is 14.4 Å². The number of carbonyl (C=O) groups is 3. The Labute approximate surface area is 133 Å². The number of carbonyl (C=O) groups excluding carboxylic acids is 3. The van der Waals surface area contributed by atoms with Crippen molar-refractivity contribution in [1.29, 1.82) is 0 Å². The van der Waals surface area contributed by atoms with Crippen molar-refractivity contribution in [3.8, 4) is 0 Å². The van der Waals surface area contributed by atoms with E-state index in [4.69, 9.17) is 4.42 Å². The second-order valence-corrected chi connectivity index (χ2v) is 4.80. The van der Waals surface area contributed by atoms with Crippen molar-refractivity contribution in [2.45, 2.75) is 13.5 Å². The molecule has 0 aliphatic carbocycles. The summed E-state index contributed by atoms with van der Waals surface area (Å²) < 4.78 is 5.09. The monoisotopic (exact) mass is 315 g/mol. The lowest BCUT2D eigenvalue weighted by Gasteiger charge is -2.07. The van der Waals surface area contributed by atoms with Gasteiger partial charge in [0.1, 0.15) is 5.76 Å². The molecule has 0 saturated heterocycles. The van der Waals surface area contributed by atoms with Crippen molar-refractivity contribution in [3.05, 3.63) is 54.0 Å². The highest BCUT2D eigenvalue weighted by atomic mass is 16.3. The van der Waals surface area contributed by atoms with E-state index in [0.717, 1.165) is 0 Å². The minimum Gasteiger partial charge on any atom is -0.467 e. The van der Waals surface area contributed by atoms with E-state index < -0.39 is 5.91 Å². The van der Waals surface area contributed by atoms with Gasteiger partial charge >= 0.3 is 0 Å². The van der Waals surface area contributed by atoms with Gasteiger partial charge in [0.25, 0.3) is 5.91 Å². The second kappa shape index (κ2) is 7.79. The third kappa shape index (κ3) is 5.31. The fourth-order valence-electron chi connectivity index (χ4n) is 1.87. The third-order valence-electron chi connectivity index (χ3n) is 2.89. The van der Waals surface area contributed by atoms with Crippen LogP contribution in [0, 0.1) is 0 Å². The van der Waals surface area contributed by atoms with Crippen LogP contribution in [0.5, 0.6) is 0 Å². The Balaban J connectivity index is 1.82. The molecule has 7 heteroatoms. The summed E-state index contributed by atoms with van der Waals surface area (Å²) >= 11 is 0. The van der Waals surface area contributed by atoms with Gasteiger partial charge in [-0.15, -0.1) is 0 Å². The summed E-state index contributed by atoms with van der Waals surface area (Å²) in [7, 11) is 0. The smallest absolute Gasteiger partial charge is 0.251 e. The molecule has 0 radical (unpaired) electrons. The molecule has 2 aromatic rings. The van der Waals surface area contributed by atoms with Crippen molar-refractivity contribution in [1.82, 2.24) is 10.6 Å². The predicted molar refractivity (Wildman–Crippen MR) is 83.6 cm³/mol. The third-order valence-corrected chi connectivity index (χ3v) is 2.89. The molecule has 0 bridgehead atoms. The fraction of sp³-hybridized carbons (Fsp3) is 0.188. The Bertz CT molecular complexity index is 695. The topological polar surface area (TPSA) is 100 Å². The summed E-state index contributed by atoms with van der Waals surface area (Å²) in [5.74, 6) is -0.314. The van der Waals surface area contributed by atoms with E-state index in [-0.39, 0.29) is 24.9 Å². The number of amides is 3. The van der Waals surface area contributed by atoms with Crippen molar-refractivity contribution in [3.63, 3.8) is 0 Å². The van der Waals surface area contributed by atoms with E-state index in [2.05, 4.69) is 16.0 Å². The molecule has 1 aromatic heterocycles. The number of furan rings is 1. The Morgan fingerprint density at radius 1 is 1.09 bits per heavy atom. The summed E-state index contributed by atoms with van der Waals surface area (Å²) in [5, 5.41) is 7.73. The van der Waals surface area contributed by atoms with Gasteiger partial charge < -0.3 is 20.4 Å². The van der Waals surface area contributed by atoms with Crippen LogP contribution in [0.1, 0.15) is 23.0 Å². The number of nitrogens with one attached hydrogen (secondary N) is 3. The zero-order valence-electron chi connectivity index (χ0n) is 12.6. The standard InChI is InChI=1S/C16H17N3O4/c1-11(20)19-13-5-2-4-12(8-13)16(22)18-10-15(21)17-9-14-6-3-7-23-14/h2-8H,9-10H2,1H3,(H,17,21)(H,18,22)(H,19,20). The first-order valence-corrected chi connectivity index (χ1v) is 6.99. The number of benzene rings is 1. The maximum atomic E-state index is 12.0. The van der Waals surface area contributed by atoms with Gasteiger partial charge in [0, 0.05) is 18.2 Å². The highest BCUT2D eigenvalue weighted by molar-refractivity contribution is 5.98. The lowest BCUT2D eigenvalue weighted by molar-refractivity contribution is -0.120. The van der Waals surface area contributed by atoms with E-state index in [1.165, 1.54) is 19.3 Å². The van der Waals surface area contributed by atoms with Crippen molar-refractivity contribution in [2.24, 2.45) is 0 Å². The summed E-state index contributed by atoms with van der Waals surface area (Å²) in [4.78, 5) is 34.7. The van der Waals surface area contributed by atoms with Gasteiger partial charge in [0.2, 0.25) is 11.8 Å². The fourth-order valence-corrected chi connectivity index (χ4v) is 1.87. The van der Waals surface area contributed by atoms with Crippen molar-refractivity contribution >= 4 is 23.4 Å². The van der Waals surface area contributed by atoms with Gasteiger partial charge in [-0.3, -0.25) is 14.4 Å². The minimum atomic E-state index is -0.398. The first-order chi connectivity index (χ1) is 11.0. The summed E-state index contributed by atoms with van der Waals surface area (Å²) in [6.07, 6.45) is 1.52. The van der Waals surface area contributed by atoms with E-state index in [1.54, 1.807) is 30.3 Å². The molecule has 3 N–H and O–H groups in total. The summed E-state index contributed by atoms with van der Waals surface area (Å²) in [6.45, 7) is 1.50. The molecule has 23 heavy (non-hydrogen) atoms. The Hall–Kier alpha value is -3.09. The Morgan fingerprint density at radius 3 is 2.61 bits per heavy atom. The predicted octanol–water partition coefficient (Wildman–Crippen LogP) is 1.28. The molecule has 2 rings (SSSR count). The largest absolute Gasteiger partial charge is 0.467 e. The number of hydrogen-bond acceptors (Lipinski definition) is 4. The molecule has 1 heterocycles. The first kappa shape index (κ1) is 16.3. The molecule has 0 spiro atoms. The molecular weight excluding hydrogens is 298 g/mol. The molecule has 0 aliphatic heterocycles. The summed E-state index contributed by atoms with van der Waals surface area (Å²) in [5.41, 5.74) is 0.877. The zero-order valence-corrected chi connectivity index (χ0v) is 12.6. The lowest BCUT2D eigenvalue weighted by Crippen LogP contribution is -2.36. The molecule has 1 aromatic carbocycles. The summed E-state index contributed by atoms with van der Waals surface area (Å²) in [6, 6.07) is 9.93. The van der Waals surface area contributed by atoms with Crippen LogP contribution in [0.3, 0.4) is 0 Å². The highest BCUT2D eigenvalue weighted by Crippen LogP contribution is 2.10. The van der Waals surface area contributed by atoms with Crippen LogP contribution in [0.2, 0.25) is 0 Å². The average Bonchev–Trinajstić information content (AvgIpc) is 3.03. The lowest BCUT2D eigenvalue weighted by atomic mass is 10.2. The quantitative estimate of drug-likeness (QED) is 0.747. The molecule has 120 valence electrons. The van der Waals surface area contributed by atoms with Crippen molar-refractivity contribution in [2.75, 3.05) is 11.9 Å². The van der Waals surface area contributed by atoms with Crippen LogP contribution in [-0.4, -0.2) is 24.3 Å². The maximum absolute atomic E-state index is 12.0. The number of rotatable bonds is 6. The SMILES string of the molecule is CC(=O)Nc1cccc(C(=O)NCC(=O)NCc2ccco2)c1. The molecule has 0 unspecified atom stereocenters. The molecule has 0 saturated carbocycles. The minimum absolute atomic E-state index is 0.149. The van der Waals surface area contributed by atoms with Crippen LogP contribution < -0.4 is 16.0 Å². The molecule has 0 fully saturated rings. The van der Waals surface area contributed by atoms with Gasteiger partial charge in [-0.05, 0) is 30.3 Å². The van der Waals surface area contributed by atoms with Crippen LogP contribution in [0.4, 0.5) is 5.69 Å². The van der Waals surface area contributed by atoms with Gasteiger partial charge in [-0.2, -0.15) is 0 Å². The van der Waals surface area contributed by atoms with Gasteiger partial charge in [0.05, 0.1) is 19.4 Å². The Kier molecular flexibility index (Phi) is 5.51. The Morgan fingerprint density at radius 2 is 1.91 bits per heavy atom. The van der Waals surface area contributed by atoms with Crippen LogP contribution in [0.25, 0.3) is 0 Å². The normalized spacial score (nSPS) is 9.96. The first-order valence-electron chi connectivity index (χ1n) is 6.99. The van der Waals surface area contributed by atoms with Crippen LogP contribution in [-0.2, 0) is 16.1 Å². The number of hydrogen-bond donors (Lipinski definition) is 3.